The van der Waals surface area contributed by atoms with Gasteiger partial charge in [-0.1, -0.05) is 12.1 Å². The second-order valence-corrected chi connectivity index (χ2v) is 4.76. The van der Waals surface area contributed by atoms with Crippen LogP contribution in [0.25, 0.3) is 0 Å². The van der Waals surface area contributed by atoms with Gasteiger partial charge in [-0.15, -0.1) is 0 Å². The quantitative estimate of drug-likeness (QED) is 0.887. The van der Waals surface area contributed by atoms with Crippen LogP contribution in [-0.2, 0) is 17.6 Å². The van der Waals surface area contributed by atoms with Crippen molar-refractivity contribution in [3.63, 3.8) is 0 Å². The molecule has 0 bridgehead atoms. The van der Waals surface area contributed by atoms with E-state index in [1.807, 2.05) is 19.1 Å². The summed E-state index contributed by atoms with van der Waals surface area (Å²) in [5.74, 6) is 0.830. The third kappa shape index (κ3) is 2.84. The Morgan fingerprint density at radius 1 is 1.39 bits per heavy atom. The zero-order valence-corrected chi connectivity index (χ0v) is 11.2. The van der Waals surface area contributed by atoms with Crippen LogP contribution in [0.2, 0.25) is 0 Å². The minimum Gasteiger partial charge on any atom is -0.481 e. The molecule has 98 valence electrons. The van der Waals surface area contributed by atoms with E-state index >= 15 is 0 Å². The molecule has 2 rings (SSSR count). The number of likely N-dealkylation sites (N-methyl/N-ethyl adjacent to an activating group) is 1. The standard InChI is InChI=1S/C15H21NO2/c1-3-16-15(17)11(2)18-14-10-6-8-12-7-4-5-9-13(12)14/h6,8,10-11H,3-5,7,9H2,1-2H3,(H,16,17). The van der Waals surface area contributed by atoms with Crippen LogP contribution in [0.4, 0.5) is 0 Å². The predicted octanol–water partition coefficient (Wildman–Crippen LogP) is 2.47. The summed E-state index contributed by atoms with van der Waals surface area (Å²) >= 11 is 0. The van der Waals surface area contributed by atoms with E-state index in [0.717, 1.165) is 18.6 Å². The highest BCUT2D eigenvalue weighted by atomic mass is 16.5. The van der Waals surface area contributed by atoms with E-state index in [1.165, 1.54) is 24.0 Å². The van der Waals surface area contributed by atoms with E-state index in [-0.39, 0.29) is 5.91 Å². The Hall–Kier alpha value is -1.51. The minimum atomic E-state index is -0.432. The van der Waals surface area contributed by atoms with Gasteiger partial charge < -0.3 is 10.1 Å². The zero-order chi connectivity index (χ0) is 13.0. The van der Waals surface area contributed by atoms with Crippen molar-refractivity contribution in [2.45, 2.75) is 45.6 Å². The summed E-state index contributed by atoms with van der Waals surface area (Å²) in [5, 5.41) is 2.78. The van der Waals surface area contributed by atoms with Crippen LogP contribution in [0.5, 0.6) is 5.75 Å². The van der Waals surface area contributed by atoms with E-state index in [1.54, 1.807) is 6.92 Å². The number of aryl methyl sites for hydroxylation is 1. The molecule has 3 heteroatoms. The molecule has 1 aliphatic rings. The lowest BCUT2D eigenvalue weighted by Gasteiger charge is -2.21. The molecule has 1 N–H and O–H groups in total. The molecule has 3 nitrogen and oxygen atoms in total. The smallest absolute Gasteiger partial charge is 0.260 e. The third-order valence-electron chi connectivity index (χ3n) is 3.38. The summed E-state index contributed by atoms with van der Waals surface area (Å²) in [4.78, 5) is 11.7. The summed E-state index contributed by atoms with van der Waals surface area (Å²) in [7, 11) is 0. The van der Waals surface area contributed by atoms with Crippen molar-refractivity contribution in [2.75, 3.05) is 6.54 Å². The van der Waals surface area contributed by atoms with Gasteiger partial charge in [-0.05, 0) is 56.7 Å². The molecule has 1 amide bonds. The number of amides is 1. The Kier molecular flexibility index (Phi) is 4.24. The van der Waals surface area contributed by atoms with Gasteiger partial charge in [0.2, 0.25) is 0 Å². The van der Waals surface area contributed by atoms with Crippen LogP contribution in [0.3, 0.4) is 0 Å². The molecule has 1 aliphatic carbocycles. The van der Waals surface area contributed by atoms with Crippen molar-refractivity contribution in [1.82, 2.24) is 5.32 Å². The van der Waals surface area contributed by atoms with Crippen molar-refractivity contribution in [3.05, 3.63) is 29.3 Å². The molecular formula is C15H21NO2. The monoisotopic (exact) mass is 247 g/mol. The average Bonchev–Trinajstić information content (AvgIpc) is 2.39. The first-order valence-electron chi connectivity index (χ1n) is 6.77. The van der Waals surface area contributed by atoms with Crippen molar-refractivity contribution in [3.8, 4) is 5.75 Å². The van der Waals surface area contributed by atoms with Gasteiger partial charge in [0.25, 0.3) is 5.91 Å². The lowest BCUT2D eigenvalue weighted by Crippen LogP contribution is -2.36. The number of nitrogens with one attached hydrogen (secondary N) is 1. The van der Waals surface area contributed by atoms with Gasteiger partial charge in [0.1, 0.15) is 5.75 Å². The lowest BCUT2D eigenvalue weighted by atomic mass is 9.91. The summed E-state index contributed by atoms with van der Waals surface area (Å²) in [5.41, 5.74) is 2.67. The number of hydrogen-bond acceptors (Lipinski definition) is 2. The zero-order valence-electron chi connectivity index (χ0n) is 11.2. The molecule has 1 aromatic rings. The maximum atomic E-state index is 11.7. The topological polar surface area (TPSA) is 38.3 Å². The summed E-state index contributed by atoms with van der Waals surface area (Å²) in [6.07, 6.45) is 4.22. The molecule has 1 unspecified atom stereocenters. The molecule has 0 aromatic heterocycles. The van der Waals surface area contributed by atoms with Gasteiger partial charge in [0.15, 0.2) is 6.10 Å². The maximum Gasteiger partial charge on any atom is 0.260 e. The number of carbonyl (C=O) groups is 1. The highest BCUT2D eigenvalue weighted by Gasteiger charge is 2.18. The minimum absolute atomic E-state index is 0.0501. The van der Waals surface area contributed by atoms with Gasteiger partial charge in [-0.25, -0.2) is 0 Å². The maximum absolute atomic E-state index is 11.7. The molecule has 0 saturated heterocycles. The Labute approximate surface area is 109 Å². The summed E-state index contributed by atoms with van der Waals surface area (Å²) < 4.78 is 5.82. The van der Waals surface area contributed by atoms with Crippen LogP contribution in [0.15, 0.2) is 18.2 Å². The van der Waals surface area contributed by atoms with Crippen LogP contribution in [0, 0.1) is 0 Å². The first-order valence-corrected chi connectivity index (χ1v) is 6.77. The van der Waals surface area contributed by atoms with Crippen LogP contribution in [0.1, 0.15) is 37.8 Å². The molecule has 0 radical (unpaired) electrons. The largest absolute Gasteiger partial charge is 0.481 e. The number of ether oxygens (including phenoxy) is 1. The first kappa shape index (κ1) is 12.9. The fraction of sp³-hybridized carbons (Fsp3) is 0.533. The van der Waals surface area contributed by atoms with Crippen molar-refractivity contribution < 1.29 is 9.53 Å². The van der Waals surface area contributed by atoms with Gasteiger partial charge in [0, 0.05) is 6.54 Å². The SMILES string of the molecule is CCNC(=O)C(C)Oc1cccc2c1CCCC2. The van der Waals surface area contributed by atoms with E-state index in [0.29, 0.717) is 6.54 Å². The molecular weight excluding hydrogens is 226 g/mol. The normalized spacial score (nSPS) is 15.7. The number of hydrogen-bond donors (Lipinski definition) is 1. The molecule has 1 aromatic carbocycles. The van der Waals surface area contributed by atoms with Crippen molar-refractivity contribution in [1.29, 1.82) is 0 Å². The lowest BCUT2D eigenvalue weighted by molar-refractivity contribution is -0.127. The molecule has 0 heterocycles. The second-order valence-electron chi connectivity index (χ2n) is 4.76. The fourth-order valence-corrected chi connectivity index (χ4v) is 2.42. The average molecular weight is 247 g/mol. The van der Waals surface area contributed by atoms with Gasteiger partial charge in [-0.2, -0.15) is 0 Å². The number of fused-ring (bicyclic) bond motifs is 1. The number of carbonyl (C=O) groups excluding carboxylic acids is 1. The first-order chi connectivity index (χ1) is 8.72. The molecule has 1 atom stereocenters. The molecule has 0 saturated carbocycles. The van der Waals surface area contributed by atoms with E-state index in [2.05, 4.69) is 11.4 Å². The molecule has 0 spiro atoms. The van der Waals surface area contributed by atoms with E-state index < -0.39 is 6.10 Å². The Balaban J connectivity index is 2.11. The highest BCUT2D eigenvalue weighted by molar-refractivity contribution is 5.80. The third-order valence-corrected chi connectivity index (χ3v) is 3.38. The molecule has 0 fully saturated rings. The number of benzene rings is 1. The Bertz CT molecular complexity index is 429. The van der Waals surface area contributed by atoms with Crippen LogP contribution < -0.4 is 10.1 Å². The highest BCUT2D eigenvalue weighted by Crippen LogP contribution is 2.30. The van der Waals surface area contributed by atoms with Gasteiger partial charge in [0.05, 0.1) is 0 Å². The van der Waals surface area contributed by atoms with Gasteiger partial charge >= 0.3 is 0 Å². The van der Waals surface area contributed by atoms with E-state index in [9.17, 15) is 4.79 Å². The van der Waals surface area contributed by atoms with Crippen molar-refractivity contribution >= 4 is 5.91 Å². The van der Waals surface area contributed by atoms with Crippen LogP contribution >= 0.6 is 0 Å². The van der Waals surface area contributed by atoms with Crippen LogP contribution in [-0.4, -0.2) is 18.6 Å². The molecule has 0 aliphatic heterocycles. The second kappa shape index (κ2) is 5.89. The van der Waals surface area contributed by atoms with Gasteiger partial charge in [-0.3, -0.25) is 4.79 Å². The molecule has 18 heavy (non-hydrogen) atoms. The van der Waals surface area contributed by atoms with E-state index in [4.69, 9.17) is 4.74 Å². The van der Waals surface area contributed by atoms with Crippen molar-refractivity contribution in [2.24, 2.45) is 0 Å². The predicted molar refractivity (Wildman–Crippen MR) is 71.9 cm³/mol. The summed E-state index contributed by atoms with van der Waals surface area (Å²) in [6, 6.07) is 6.15. The summed E-state index contributed by atoms with van der Waals surface area (Å²) in [6.45, 7) is 4.35. The Morgan fingerprint density at radius 3 is 2.94 bits per heavy atom. The fourth-order valence-electron chi connectivity index (χ4n) is 2.42. The Morgan fingerprint density at radius 2 is 2.17 bits per heavy atom. The number of rotatable bonds is 4.